The molecule has 0 aliphatic rings. The number of allylic oxidation sites excluding steroid dienone is 1. The van der Waals surface area contributed by atoms with E-state index in [1.54, 1.807) is 7.11 Å². The third-order valence-electron chi connectivity index (χ3n) is 3.27. The molecule has 6 nitrogen and oxygen atoms in total. The van der Waals surface area contributed by atoms with E-state index in [0.717, 1.165) is 6.42 Å². The quantitative estimate of drug-likeness (QED) is 0.247. The molecule has 26 heavy (non-hydrogen) atoms. The molecule has 0 aliphatic heterocycles. The fourth-order valence-corrected chi connectivity index (χ4v) is 12.6. The maximum absolute atomic E-state index is 11.2. The first-order valence-electron chi connectivity index (χ1n) is 9.19. The molecule has 0 radical (unpaired) electrons. The number of hydrogen-bond acceptors (Lipinski definition) is 6. The van der Waals surface area contributed by atoms with Gasteiger partial charge in [0, 0.05) is 26.2 Å². The van der Waals surface area contributed by atoms with Gasteiger partial charge in [0.1, 0.15) is 0 Å². The van der Waals surface area contributed by atoms with E-state index in [0.29, 0.717) is 25.5 Å². The zero-order valence-corrected chi connectivity index (χ0v) is 20.6. The van der Waals surface area contributed by atoms with Gasteiger partial charge in [0.25, 0.3) is 0 Å². The van der Waals surface area contributed by atoms with Crippen molar-refractivity contribution in [3.8, 4) is 0 Å². The molecule has 0 amide bonds. The van der Waals surface area contributed by atoms with E-state index in [9.17, 15) is 9.90 Å². The summed E-state index contributed by atoms with van der Waals surface area (Å²) in [6.45, 7) is 17.0. The molecule has 0 rings (SSSR count). The average molecular weight is 423 g/mol. The van der Waals surface area contributed by atoms with Crippen LogP contribution in [-0.4, -0.2) is 62.8 Å². The third kappa shape index (κ3) is 13.1. The third-order valence-corrected chi connectivity index (χ3v) is 12.2. The van der Waals surface area contributed by atoms with Gasteiger partial charge in [-0.3, -0.25) is 4.79 Å². The molecule has 0 aromatic heterocycles. The first-order chi connectivity index (χ1) is 11.8. The molecule has 0 fully saturated rings. The van der Waals surface area contributed by atoms with E-state index in [4.69, 9.17) is 17.4 Å². The number of ketones is 1. The van der Waals surface area contributed by atoms with Crippen molar-refractivity contribution >= 4 is 31.2 Å². The first-order valence-corrected chi connectivity index (χ1v) is 17.9. The van der Waals surface area contributed by atoms with Gasteiger partial charge in [-0.1, -0.05) is 6.58 Å². The molecule has 1 atom stereocenters. The van der Waals surface area contributed by atoms with Gasteiger partial charge in [-0.15, -0.1) is 0 Å². The van der Waals surface area contributed by atoms with E-state index in [1.165, 1.54) is 6.08 Å². The molecule has 0 spiro atoms. The molecule has 0 saturated heterocycles. The molecule has 0 aromatic carbocycles. The second-order valence-electron chi connectivity index (χ2n) is 8.36. The van der Waals surface area contributed by atoms with Crippen molar-refractivity contribution in [3.63, 3.8) is 0 Å². The molecule has 0 aliphatic carbocycles. The zero-order chi connectivity index (χ0) is 20.4. The number of carbonyl (C=O) groups is 1. The monoisotopic (exact) mass is 422 g/mol. The first kappa shape index (κ1) is 25.9. The molecule has 0 aromatic rings. The molecule has 1 N–H and O–H groups in total. The fraction of sp³-hybridized carbons (Fsp3) is 0.824. The smallest absolute Gasteiger partial charge is 0.416 e. The normalized spacial score (nSPS) is 14.3. The van der Waals surface area contributed by atoms with E-state index in [2.05, 4.69) is 45.9 Å². The van der Waals surface area contributed by atoms with Gasteiger partial charge in [-0.05, 0) is 58.2 Å². The lowest BCUT2D eigenvalue weighted by Gasteiger charge is -2.38. The number of aliphatic hydroxyl groups excluding tert-OH is 1. The molecule has 0 heterocycles. The van der Waals surface area contributed by atoms with Crippen LogP contribution in [0.25, 0.3) is 0 Å². The summed E-state index contributed by atoms with van der Waals surface area (Å²) in [5.74, 6) is -0.0630. The Morgan fingerprint density at radius 2 is 1.65 bits per heavy atom. The van der Waals surface area contributed by atoms with Crippen LogP contribution in [0.2, 0.25) is 45.3 Å². The Bertz CT molecular complexity index is 415. The minimum atomic E-state index is -2.73. The van der Waals surface area contributed by atoms with Crippen LogP contribution >= 0.6 is 0 Å². The Kier molecular flexibility index (Phi) is 11.6. The second-order valence-corrected chi connectivity index (χ2v) is 20.7. The lowest BCUT2D eigenvalue weighted by Crippen LogP contribution is -2.56. The molecule has 9 heteroatoms. The predicted molar refractivity (Wildman–Crippen MR) is 112 cm³/mol. The lowest BCUT2D eigenvalue weighted by atomic mass is 10.1. The Morgan fingerprint density at radius 1 is 1.12 bits per heavy atom. The van der Waals surface area contributed by atoms with E-state index >= 15 is 0 Å². The Labute approximate surface area is 162 Å². The molecule has 0 bridgehead atoms. The van der Waals surface area contributed by atoms with Gasteiger partial charge in [-0.25, -0.2) is 0 Å². The van der Waals surface area contributed by atoms with Gasteiger partial charge in [0.05, 0.1) is 12.7 Å². The molecular weight excluding hydrogens is 384 g/mol. The van der Waals surface area contributed by atoms with Crippen LogP contribution in [0.3, 0.4) is 0 Å². The van der Waals surface area contributed by atoms with E-state index in [1.807, 2.05) is 0 Å². The minimum Gasteiger partial charge on any atom is -0.416 e. The van der Waals surface area contributed by atoms with Crippen LogP contribution in [0.4, 0.5) is 0 Å². The second kappa shape index (κ2) is 11.6. The van der Waals surface area contributed by atoms with Crippen molar-refractivity contribution in [3.05, 3.63) is 12.7 Å². The van der Waals surface area contributed by atoms with Crippen molar-refractivity contribution in [2.75, 3.05) is 20.3 Å². The topological polar surface area (TPSA) is 74.2 Å². The highest BCUT2D eigenvalue weighted by molar-refractivity contribution is 6.85. The predicted octanol–water partition coefficient (Wildman–Crippen LogP) is 3.58. The van der Waals surface area contributed by atoms with Gasteiger partial charge >= 0.3 is 8.80 Å². The molecular formula is C17H38O6Si3. The standard InChI is InChI=1S/C17H38O6Si3/c1-9-16(18)11-12-17(19)15-21-13-10-14-26(20-2,22-24(3,4)5)23-25(6,7)8/h9,17,19H,1,10-15H2,2-8H3. The maximum Gasteiger partial charge on any atom is 0.479 e. The Morgan fingerprint density at radius 3 is 2.08 bits per heavy atom. The van der Waals surface area contributed by atoms with Crippen LogP contribution in [0.1, 0.15) is 19.3 Å². The summed E-state index contributed by atoms with van der Waals surface area (Å²) in [6.07, 6.45) is 2.06. The van der Waals surface area contributed by atoms with Crippen molar-refractivity contribution in [1.82, 2.24) is 0 Å². The van der Waals surface area contributed by atoms with E-state index < -0.39 is 31.5 Å². The number of aliphatic hydroxyl groups is 1. The van der Waals surface area contributed by atoms with Gasteiger partial charge in [-0.2, -0.15) is 0 Å². The highest BCUT2D eigenvalue weighted by Gasteiger charge is 2.46. The molecule has 0 saturated carbocycles. The molecule has 1 unspecified atom stereocenters. The highest BCUT2D eigenvalue weighted by atomic mass is 28.5. The number of carbonyl (C=O) groups excluding carboxylic acids is 1. The van der Waals surface area contributed by atoms with Crippen molar-refractivity contribution in [2.24, 2.45) is 0 Å². The average Bonchev–Trinajstić information content (AvgIpc) is 2.48. The number of hydrogen-bond donors (Lipinski definition) is 1. The SMILES string of the molecule is C=CC(=O)CCC(O)COCCC[Si](OC)(O[Si](C)(C)C)O[Si](C)(C)C. The van der Waals surface area contributed by atoms with Gasteiger partial charge < -0.3 is 22.5 Å². The maximum atomic E-state index is 11.2. The van der Waals surface area contributed by atoms with Crippen LogP contribution in [0.5, 0.6) is 0 Å². The zero-order valence-electron chi connectivity index (χ0n) is 17.6. The summed E-state index contributed by atoms with van der Waals surface area (Å²) >= 11 is 0. The summed E-state index contributed by atoms with van der Waals surface area (Å²) in [5, 5.41) is 9.84. The summed E-state index contributed by atoms with van der Waals surface area (Å²) < 4.78 is 24.1. The summed E-state index contributed by atoms with van der Waals surface area (Å²) in [5.41, 5.74) is 0. The van der Waals surface area contributed by atoms with Crippen molar-refractivity contribution < 1.29 is 27.3 Å². The summed E-state index contributed by atoms with van der Waals surface area (Å²) in [4.78, 5) is 11.2. The van der Waals surface area contributed by atoms with Crippen LogP contribution in [0.15, 0.2) is 12.7 Å². The van der Waals surface area contributed by atoms with Crippen LogP contribution < -0.4 is 0 Å². The summed E-state index contributed by atoms with van der Waals surface area (Å²) in [6, 6.07) is 0.698. The number of rotatable bonds is 15. The van der Waals surface area contributed by atoms with Crippen LogP contribution in [0, 0.1) is 0 Å². The largest absolute Gasteiger partial charge is 0.479 e. The fourth-order valence-electron chi connectivity index (χ4n) is 2.35. The number of ether oxygens (including phenoxy) is 1. The summed E-state index contributed by atoms with van der Waals surface area (Å²) in [7, 11) is -4.68. The van der Waals surface area contributed by atoms with E-state index in [-0.39, 0.29) is 12.4 Å². The van der Waals surface area contributed by atoms with Crippen LogP contribution in [-0.2, 0) is 22.2 Å². The Balaban J connectivity index is 4.44. The minimum absolute atomic E-state index is 0.0630. The van der Waals surface area contributed by atoms with Crippen molar-refractivity contribution in [2.45, 2.75) is 70.7 Å². The lowest BCUT2D eigenvalue weighted by molar-refractivity contribution is -0.115. The Hall–Kier alpha value is -0.139. The van der Waals surface area contributed by atoms with Crippen molar-refractivity contribution in [1.29, 1.82) is 0 Å². The highest BCUT2D eigenvalue weighted by Crippen LogP contribution is 2.26. The van der Waals surface area contributed by atoms with Gasteiger partial charge in [0.2, 0.25) is 0 Å². The molecule has 154 valence electrons. The van der Waals surface area contributed by atoms with Gasteiger partial charge in [0.15, 0.2) is 22.4 Å².